The van der Waals surface area contributed by atoms with E-state index in [0.717, 1.165) is 5.56 Å². The summed E-state index contributed by atoms with van der Waals surface area (Å²) in [6.45, 7) is 0.450. The molecule has 0 unspecified atom stereocenters. The van der Waals surface area contributed by atoms with Gasteiger partial charge in [-0.2, -0.15) is 0 Å². The summed E-state index contributed by atoms with van der Waals surface area (Å²) in [5.74, 6) is -0.209. The molecule has 1 heterocycles. The summed E-state index contributed by atoms with van der Waals surface area (Å²) in [4.78, 5) is 15.2. The highest BCUT2D eigenvalue weighted by Crippen LogP contribution is 1.99. The van der Waals surface area contributed by atoms with Gasteiger partial charge in [-0.1, -0.05) is 30.3 Å². The van der Waals surface area contributed by atoms with Crippen molar-refractivity contribution in [2.75, 3.05) is 12.0 Å². The third-order valence-corrected chi connectivity index (χ3v) is 2.10. The molecular weight excluding hydrogens is 218 g/mol. The van der Waals surface area contributed by atoms with Gasteiger partial charge in [0, 0.05) is 12.4 Å². The lowest BCUT2D eigenvalue weighted by atomic mass is 10.2. The van der Waals surface area contributed by atoms with E-state index in [1.54, 1.807) is 12.4 Å². The number of imidazole rings is 1. The molecule has 0 bridgehead atoms. The maximum atomic E-state index is 11.4. The minimum absolute atomic E-state index is 0.0209. The molecule has 5 heteroatoms. The van der Waals surface area contributed by atoms with Crippen LogP contribution in [-0.4, -0.2) is 22.2 Å². The third-order valence-electron chi connectivity index (χ3n) is 2.10. The zero-order valence-corrected chi connectivity index (χ0v) is 9.24. The lowest BCUT2D eigenvalue weighted by Crippen LogP contribution is -2.25. The molecule has 0 aliphatic heterocycles. The lowest BCUT2D eigenvalue weighted by molar-refractivity contribution is -0.121. The van der Waals surface area contributed by atoms with Gasteiger partial charge in [0.05, 0.1) is 6.61 Å². The van der Waals surface area contributed by atoms with Crippen LogP contribution >= 0.6 is 0 Å². The van der Waals surface area contributed by atoms with Crippen LogP contribution in [0.15, 0.2) is 49.1 Å². The minimum Gasteiger partial charge on any atom is -0.367 e. The molecule has 88 valence electrons. The van der Waals surface area contributed by atoms with Gasteiger partial charge < -0.3 is 4.74 Å². The Kier molecular flexibility index (Phi) is 3.88. The fraction of sp³-hybridized carbons (Fsp3) is 0.167. The van der Waals surface area contributed by atoms with E-state index in [0.29, 0.717) is 6.61 Å². The topological polar surface area (TPSA) is 56.1 Å². The number of ether oxygens (including phenoxy) is 1. The van der Waals surface area contributed by atoms with E-state index in [2.05, 4.69) is 10.4 Å². The Bertz CT molecular complexity index is 454. The number of aromatic nitrogens is 2. The van der Waals surface area contributed by atoms with Gasteiger partial charge in [0.1, 0.15) is 12.9 Å². The summed E-state index contributed by atoms with van der Waals surface area (Å²) in [5, 5.41) is 0. The van der Waals surface area contributed by atoms with Gasteiger partial charge in [-0.3, -0.25) is 10.2 Å². The Balaban J connectivity index is 1.70. The number of carbonyl (C=O) groups excluding carboxylic acids is 1. The van der Waals surface area contributed by atoms with Crippen molar-refractivity contribution in [1.82, 2.24) is 9.66 Å². The van der Waals surface area contributed by atoms with E-state index in [9.17, 15) is 4.79 Å². The van der Waals surface area contributed by atoms with Crippen LogP contribution in [0.5, 0.6) is 0 Å². The predicted octanol–water partition coefficient (Wildman–Crippen LogP) is 1.17. The van der Waals surface area contributed by atoms with Gasteiger partial charge in [0.25, 0.3) is 5.91 Å². The molecule has 0 aliphatic carbocycles. The van der Waals surface area contributed by atoms with Gasteiger partial charge in [-0.05, 0) is 5.56 Å². The highest BCUT2D eigenvalue weighted by molar-refractivity contribution is 5.84. The molecule has 2 aromatic rings. The maximum Gasteiger partial charge on any atom is 0.264 e. The summed E-state index contributed by atoms with van der Waals surface area (Å²) in [7, 11) is 0. The Morgan fingerprint density at radius 2 is 2.18 bits per heavy atom. The van der Waals surface area contributed by atoms with Gasteiger partial charge >= 0.3 is 0 Å². The molecular formula is C12H13N3O2. The highest BCUT2D eigenvalue weighted by atomic mass is 16.5. The standard InChI is InChI=1S/C12H13N3O2/c16-12(14-15-7-6-13-10-15)9-17-8-11-4-2-1-3-5-11/h1-7,10H,8-9H2,(H,14,16). The number of nitrogens with one attached hydrogen (secondary N) is 1. The second-order valence-corrected chi connectivity index (χ2v) is 3.48. The van der Waals surface area contributed by atoms with E-state index in [1.807, 2.05) is 30.3 Å². The molecule has 0 saturated heterocycles. The Morgan fingerprint density at radius 1 is 1.35 bits per heavy atom. The van der Waals surface area contributed by atoms with E-state index >= 15 is 0 Å². The first-order valence-corrected chi connectivity index (χ1v) is 5.24. The summed E-state index contributed by atoms with van der Waals surface area (Å²) >= 11 is 0. The van der Waals surface area contributed by atoms with Crippen LogP contribution in [-0.2, 0) is 16.1 Å². The largest absolute Gasteiger partial charge is 0.367 e. The zero-order valence-electron chi connectivity index (χ0n) is 9.24. The number of nitrogens with zero attached hydrogens (tertiary/aromatic N) is 2. The summed E-state index contributed by atoms with van der Waals surface area (Å²) < 4.78 is 6.76. The van der Waals surface area contributed by atoms with Crippen molar-refractivity contribution in [3.05, 3.63) is 54.6 Å². The molecule has 0 saturated carbocycles. The maximum absolute atomic E-state index is 11.4. The number of hydrogen-bond donors (Lipinski definition) is 1. The van der Waals surface area contributed by atoms with Crippen LogP contribution < -0.4 is 5.43 Å². The second kappa shape index (κ2) is 5.81. The van der Waals surface area contributed by atoms with Crippen molar-refractivity contribution in [2.45, 2.75) is 6.61 Å². The number of amides is 1. The zero-order chi connectivity index (χ0) is 11.9. The quantitative estimate of drug-likeness (QED) is 0.840. The van der Waals surface area contributed by atoms with Crippen LogP contribution in [0.2, 0.25) is 0 Å². The molecule has 1 aromatic heterocycles. The van der Waals surface area contributed by atoms with E-state index in [1.165, 1.54) is 11.0 Å². The van der Waals surface area contributed by atoms with E-state index in [4.69, 9.17) is 4.74 Å². The van der Waals surface area contributed by atoms with Crippen molar-refractivity contribution in [3.63, 3.8) is 0 Å². The average Bonchev–Trinajstić information content (AvgIpc) is 2.83. The van der Waals surface area contributed by atoms with E-state index < -0.39 is 0 Å². The molecule has 0 spiro atoms. The van der Waals surface area contributed by atoms with E-state index in [-0.39, 0.29) is 12.5 Å². The molecule has 17 heavy (non-hydrogen) atoms. The summed E-state index contributed by atoms with van der Waals surface area (Å²) in [6.07, 6.45) is 4.75. The molecule has 5 nitrogen and oxygen atoms in total. The van der Waals surface area contributed by atoms with Crippen LogP contribution in [0.25, 0.3) is 0 Å². The molecule has 0 aliphatic rings. The summed E-state index contributed by atoms with van der Waals surface area (Å²) in [5.41, 5.74) is 3.64. The second-order valence-electron chi connectivity index (χ2n) is 3.48. The SMILES string of the molecule is O=C(COCc1ccccc1)Nn1ccnc1. The van der Waals surface area contributed by atoms with Crippen LogP contribution in [0.3, 0.4) is 0 Å². The Hall–Kier alpha value is -2.14. The van der Waals surface area contributed by atoms with Crippen molar-refractivity contribution in [2.24, 2.45) is 0 Å². The third kappa shape index (κ3) is 3.73. The highest BCUT2D eigenvalue weighted by Gasteiger charge is 2.01. The monoisotopic (exact) mass is 231 g/mol. The number of benzene rings is 1. The van der Waals surface area contributed by atoms with Crippen molar-refractivity contribution >= 4 is 5.91 Å². The molecule has 0 fully saturated rings. The molecule has 0 radical (unpaired) electrons. The number of hydrogen-bond acceptors (Lipinski definition) is 3. The van der Waals surface area contributed by atoms with Crippen molar-refractivity contribution in [3.8, 4) is 0 Å². The van der Waals surface area contributed by atoms with Gasteiger partial charge in [-0.25, -0.2) is 9.66 Å². The fourth-order valence-corrected chi connectivity index (χ4v) is 1.34. The Labute approximate surface area is 99.0 Å². The lowest BCUT2D eigenvalue weighted by Gasteiger charge is -2.06. The molecule has 1 N–H and O–H groups in total. The van der Waals surface area contributed by atoms with Crippen LogP contribution in [0, 0.1) is 0 Å². The first-order chi connectivity index (χ1) is 8.34. The van der Waals surface area contributed by atoms with Crippen molar-refractivity contribution in [1.29, 1.82) is 0 Å². The van der Waals surface area contributed by atoms with Crippen LogP contribution in [0.1, 0.15) is 5.56 Å². The first kappa shape index (κ1) is 11.3. The van der Waals surface area contributed by atoms with Gasteiger partial charge in [-0.15, -0.1) is 0 Å². The molecule has 2 rings (SSSR count). The van der Waals surface area contributed by atoms with Gasteiger partial charge in [0.15, 0.2) is 0 Å². The number of rotatable bonds is 5. The number of carbonyl (C=O) groups is 1. The van der Waals surface area contributed by atoms with Crippen molar-refractivity contribution < 1.29 is 9.53 Å². The fourth-order valence-electron chi connectivity index (χ4n) is 1.34. The molecule has 1 amide bonds. The molecule has 1 aromatic carbocycles. The van der Waals surface area contributed by atoms with Gasteiger partial charge in [0.2, 0.25) is 0 Å². The van der Waals surface area contributed by atoms with Crippen LogP contribution in [0.4, 0.5) is 0 Å². The average molecular weight is 231 g/mol. The summed E-state index contributed by atoms with van der Waals surface area (Å²) in [6, 6.07) is 9.71. The minimum atomic E-state index is -0.209. The Morgan fingerprint density at radius 3 is 2.88 bits per heavy atom. The molecule has 0 atom stereocenters. The predicted molar refractivity (Wildman–Crippen MR) is 62.7 cm³/mol. The normalized spacial score (nSPS) is 10.1. The smallest absolute Gasteiger partial charge is 0.264 e. The first-order valence-electron chi connectivity index (χ1n) is 5.24.